The monoisotopic (exact) mass is 377 g/mol. The standard InChI is InChI=1S/C17H12ClNOS3/c1-22-14-8-2-11(3-9-14)10-15-16(20)19(17(21)23-15)13-6-4-12(18)5-7-13/h2-10H,1H3/b15-10+. The first-order valence-electron chi connectivity index (χ1n) is 6.76. The number of hydrogen-bond acceptors (Lipinski definition) is 4. The number of carbonyl (C=O) groups excluding carboxylic acids is 1. The lowest BCUT2D eigenvalue weighted by molar-refractivity contribution is -0.113. The Morgan fingerprint density at radius 1 is 1.13 bits per heavy atom. The lowest BCUT2D eigenvalue weighted by Gasteiger charge is -2.14. The van der Waals surface area contributed by atoms with E-state index in [4.69, 9.17) is 23.8 Å². The van der Waals surface area contributed by atoms with Crippen molar-refractivity contribution in [1.82, 2.24) is 0 Å². The van der Waals surface area contributed by atoms with E-state index in [1.807, 2.05) is 36.6 Å². The molecule has 0 radical (unpaired) electrons. The van der Waals surface area contributed by atoms with Crippen molar-refractivity contribution in [2.24, 2.45) is 0 Å². The van der Waals surface area contributed by atoms with E-state index in [0.29, 0.717) is 14.2 Å². The van der Waals surface area contributed by atoms with Gasteiger partial charge in [0.05, 0.1) is 10.6 Å². The Balaban J connectivity index is 1.88. The first kappa shape index (κ1) is 16.6. The van der Waals surface area contributed by atoms with Crippen LogP contribution < -0.4 is 4.90 Å². The SMILES string of the molecule is CSc1ccc(/C=C2/SC(=S)N(c3ccc(Cl)cc3)C2=O)cc1. The maximum atomic E-state index is 12.6. The number of carbonyl (C=O) groups is 1. The third-order valence-electron chi connectivity index (χ3n) is 3.29. The Hall–Kier alpha value is -1.27. The Kier molecular flexibility index (Phi) is 5.11. The summed E-state index contributed by atoms with van der Waals surface area (Å²) >= 11 is 14.3. The Bertz CT molecular complexity index is 784. The van der Waals surface area contributed by atoms with Crippen LogP contribution in [0.2, 0.25) is 5.02 Å². The van der Waals surface area contributed by atoms with Gasteiger partial charge >= 0.3 is 0 Å². The first-order chi connectivity index (χ1) is 11.1. The fourth-order valence-electron chi connectivity index (χ4n) is 2.13. The molecule has 1 aliphatic rings. The average Bonchev–Trinajstić information content (AvgIpc) is 2.83. The van der Waals surface area contributed by atoms with E-state index in [9.17, 15) is 4.79 Å². The van der Waals surface area contributed by atoms with E-state index in [2.05, 4.69) is 0 Å². The van der Waals surface area contributed by atoms with Gasteiger partial charge in [-0.25, -0.2) is 0 Å². The molecule has 2 nitrogen and oxygen atoms in total. The van der Waals surface area contributed by atoms with Crippen molar-refractivity contribution in [3.8, 4) is 0 Å². The maximum Gasteiger partial charge on any atom is 0.270 e. The Labute approximate surface area is 153 Å². The van der Waals surface area contributed by atoms with Crippen LogP contribution in [0.4, 0.5) is 5.69 Å². The van der Waals surface area contributed by atoms with Gasteiger partial charge in [0.1, 0.15) is 0 Å². The third kappa shape index (κ3) is 3.63. The summed E-state index contributed by atoms with van der Waals surface area (Å²) in [5.74, 6) is -0.101. The third-order valence-corrected chi connectivity index (χ3v) is 5.59. The minimum absolute atomic E-state index is 0.101. The number of thiocarbonyl (C=S) groups is 1. The molecule has 0 bridgehead atoms. The second-order valence-corrected chi connectivity index (χ2v) is 7.76. The van der Waals surface area contributed by atoms with Crippen LogP contribution in [0.15, 0.2) is 58.3 Å². The van der Waals surface area contributed by atoms with Gasteiger partial charge in [-0.3, -0.25) is 9.69 Å². The van der Waals surface area contributed by atoms with E-state index >= 15 is 0 Å². The zero-order chi connectivity index (χ0) is 16.4. The molecule has 0 aliphatic carbocycles. The highest BCUT2D eigenvalue weighted by molar-refractivity contribution is 8.27. The quantitative estimate of drug-likeness (QED) is 0.401. The lowest BCUT2D eigenvalue weighted by Crippen LogP contribution is -2.27. The van der Waals surface area contributed by atoms with Crippen LogP contribution >= 0.6 is 47.3 Å². The van der Waals surface area contributed by atoms with Gasteiger partial charge in [0, 0.05) is 9.92 Å². The molecule has 1 heterocycles. The van der Waals surface area contributed by atoms with Crippen LogP contribution in [-0.2, 0) is 4.79 Å². The molecule has 0 aromatic heterocycles. The van der Waals surface area contributed by atoms with E-state index in [1.165, 1.54) is 16.7 Å². The summed E-state index contributed by atoms with van der Waals surface area (Å²) in [7, 11) is 0. The van der Waals surface area contributed by atoms with Crippen molar-refractivity contribution in [2.75, 3.05) is 11.2 Å². The van der Waals surface area contributed by atoms with E-state index in [-0.39, 0.29) is 5.91 Å². The van der Waals surface area contributed by atoms with Crippen molar-refractivity contribution >= 4 is 69.3 Å². The van der Waals surface area contributed by atoms with Crippen molar-refractivity contribution < 1.29 is 4.79 Å². The number of benzene rings is 2. The smallest absolute Gasteiger partial charge is 0.268 e. The van der Waals surface area contributed by atoms with Gasteiger partial charge in [-0.2, -0.15) is 0 Å². The van der Waals surface area contributed by atoms with Crippen LogP contribution in [0.1, 0.15) is 5.56 Å². The van der Waals surface area contributed by atoms with Crippen molar-refractivity contribution in [3.63, 3.8) is 0 Å². The molecule has 1 saturated heterocycles. The van der Waals surface area contributed by atoms with E-state index in [0.717, 1.165) is 11.3 Å². The molecular formula is C17H12ClNOS3. The maximum absolute atomic E-state index is 12.6. The molecule has 0 spiro atoms. The summed E-state index contributed by atoms with van der Waals surface area (Å²) in [4.78, 5) is 16.0. The predicted octanol–water partition coefficient (Wildman–Crippen LogP) is 5.47. The van der Waals surface area contributed by atoms with Gasteiger partial charge in [0.25, 0.3) is 5.91 Å². The number of thioether (sulfide) groups is 2. The molecular weight excluding hydrogens is 366 g/mol. The fraction of sp³-hybridized carbons (Fsp3) is 0.0588. The molecule has 2 aromatic carbocycles. The second kappa shape index (κ2) is 7.09. The molecule has 3 rings (SSSR count). The first-order valence-corrected chi connectivity index (χ1v) is 9.59. The molecule has 23 heavy (non-hydrogen) atoms. The highest BCUT2D eigenvalue weighted by Crippen LogP contribution is 2.36. The molecule has 0 atom stereocenters. The van der Waals surface area contributed by atoms with Gasteiger partial charge in [0.2, 0.25) is 0 Å². The number of amides is 1. The molecule has 2 aromatic rings. The zero-order valence-corrected chi connectivity index (χ0v) is 15.4. The van der Waals surface area contributed by atoms with Crippen molar-refractivity contribution in [2.45, 2.75) is 4.90 Å². The van der Waals surface area contributed by atoms with Crippen molar-refractivity contribution in [3.05, 3.63) is 64.0 Å². The second-order valence-electron chi connectivity index (χ2n) is 4.77. The number of hydrogen-bond donors (Lipinski definition) is 0. The molecule has 1 aliphatic heterocycles. The Morgan fingerprint density at radius 3 is 2.39 bits per heavy atom. The van der Waals surface area contributed by atoms with Crippen molar-refractivity contribution in [1.29, 1.82) is 0 Å². The molecule has 1 amide bonds. The average molecular weight is 378 g/mol. The minimum atomic E-state index is -0.101. The number of anilines is 1. The number of nitrogens with zero attached hydrogens (tertiary/aromatic N) is 1. The number of rotatable bonds is 3. The number of halogens is 1. The lowest BCUT2D eigenvalue weighted by atomic mass is 10.2. The normalized spacial score (nSPS) is 16.4. The van der Waals surface area contributed by atoms with Gasteiger partial charge in [-0.05, 0) is 54.3 Å². The summed E-state index contributed by atoms with van der Waals surface area (Å²) in [5, 5.41) is 0.628. The molecule has 116 valence electrons. The molecule has 6 heteroatoms. The molecule has 0 unspecified atom stereocenters. The summed E-state index contributed by atoms with van der Waals surface area (Å²) in [6.45, 7) is 0. The highest BCUT2D eigenvalue weighted by atomic mass is 35.5. The molecule has 1 fully saturated rings. The van der Waals surface area contributed by atoms with E-state index < -0.39 is 0 Å². The predicted molar refractivity (Wildman–Crippen MR) is 105 cm³/mol. The van der Waals surface area contributed by atoms with Gasteiger partial charge in [0.15, 0.2) is 4.32 Å². The summed E-state index contributed by atoms with van der Waals surface area (Å²) < 4.78 is 0.532. The van der Waals surface area contributed by atoms with E-state index in [1.54, 1.807) is 40.9 Å². The topological polar surface area (TPSA) is 20.3 Å². The van der Waals surface area contributed by atoms with Crippen LogP contribution in [0.3, 0.4) is 0 Å². The largest absolute Gasteiger partial charge is 0.270 e. The zero-order valence-electron chi connectivity index (χ0n) is 12.2. The van der Waals surface area contributed by atoms with Gasteiger partial charge in [-0.1, -0.05) is 47.7 Å². The van der Waals surface area contributed by atoms with Crippen LogP contribution in [0.5, 0.6) is 0 Å². The van der Waals surface area contributed by atoms with Crippen LogP contribution in [-0.4, -0.2) is 16.5 Å². The Morgan fingerprint density at radius 2 is 1.78 bits per heavy atom. The summed E-state index contributed by atoms with van der Waals surface area (Å²) in [6, 6.07) is 15.2. The minimum Gasteiger partial charge on any atom is -0.268 e. The summed E-state index contributed by atoms with van der Waals surface area (Å²) in [5.41, 5.74) is 1.72. The van der Waals surface area contributed by atoms with Gasteiger partial charge < -0.3 is 0 Å². The highest BCUT2D eigenvalue weighted by Gasteiger charge is 2.33. The van der Waals surface area contributed by atoms with Crippen LogP contribution in [0, 0.1) is 0 Å². The molecule has 0 N–H and O–H groups in total. The van der Waals surface area contributed by atoms with Gasteiger partial charge in [-0.15, -0.1) is 11.8 Å². The van der Waals surface area contributed by atoms with Crippen LogP contribution in [0.25, 0.3) is 6.08 Å². The fourth-order valence-corrected chi connectivity index (χ4v) is 3.97. The summed E-state index contributed by atoms with van der Waals surface area (Å²) in [6.07, 6.45) is 3.91. The molecule has 0 saturated carbocycles.